The predicted octanol–water partition coefficient (Wildman–Crippen LogP) is 3.72. The number of ether oxygens (including phenoxy) is 1. The van der Waals surface area contributed by atoms with Gasteiger partial charge in [0.1, 0.15) is 6.61 Å². The first-order chi connectivity index (χ1) is 9.31. The topological polar surface area (TPSA) is 21.3 Å². The zero-order chi connectivity index (χ0) is 13.1. The lowest BCUT2D eigenvalue weighted by atomic mass is 10.2. The summed E-state index contributed by atoms with van der Waals surface area (Å²) in [6.45, 7) is 1.15. The molecule has 0 spiro atoms. The summed E-state index contributed by atoms with van der Waals surface area (Å²) in [7, 11) is 0. The Morgan fingerprint density at radius 2 is 2.21 bits per heavy atom. The molecule has 0 saturated heterocycles. The molecule has 1 aliphatic carbocycles. The van der Waals surface area contributed by atoms with E-state index in [1.165, 1.54) is 12.8 Å². The molecule has 3 rings (SSSR count). The van der Waals surface area contributed by atoms with Crippen LogP contribution in [0.3, 0.4) is 0 Å². The van der Waals surface area contributed by atoms with Crippen molar-refractivity contribution in [2.24, 2.45) is 0 Å². The van der Waals surface area contributed by atoms with Crippen molar-refractivity contribution in [3.05, 3.63) is 52.0 Å². The number of benzene rings is 1. The second-order valence-corrected chi connectivity index (χ2v) is 5.82. The zero-order valence-corrected chi connectivity index (χ0v) is 11.4. The number of rotatable bonds is 6. The van der Waals surface area contributed by atoms with Crippen molar-refractivity contribution in [1.82, 2.24) is 5.32 Å². The van der Waals surface area contributed by atoms with Crippen LogP contribution in [0.15, 0.2) is 35.7 Å². The highest BCUT2D eigenvalue weighted by atomic mass is 32.1. The second kappa shape index (κ2) is 5.72. The van der Waals surface area contributed by atoms with Gasteiger partial charge in [0.2, 0.25) is 0 Å². The smallest absolute Gasteiger partial charge is 0.165 e. The van der Waals surface area contributed by atoms with Gasteiger partial charge in [-0.1, -0.05) is 12.1 Å². The fourth-order valence-electron chi connectivity index (χ4n) is 1.86. The van der Waals surface area contributed by atoms with E-state index in [4.69, 9.17) is 4.74 Å². The lowest BCUT2D eigenvalue weighted by molar-refractivity contribution is 0.293. The van der Waals surface area contributed by atoms with E-state index in [-0.39, 0.29) is 5.82 Å². The van der Waals surface area contributed by atoms with E-state index < -0.39 is 0 Å². The molecular formula is C15H16FNOS. The quantitative estimate of drug-likeness (QED) is 0.869. The van der Waals surface area contributed by atoms with Gasteiger partial charge in [-0.15, -0.1) is 11.3 Å². The second-order valence-electron chi connectivity index (χ2n) is 4.79. The van der Waals surface area contributed by atoms with E-state index in [9.17, 15) is 4.39 Å². The fraction of sp³-hybridized carbons (Fsp3) is 0.333. The summed E-state index contributed by atoms with van der Waals surface area (Å²) in [6, 6.07) is 9.77. The molecule has 1 aliphatic rings. The average molecular weight is 277 g/mol. The molecule has 0 atom stereocenters. The minimum atomic E-state index is -0.286. The van der Waals surface area contributed by atoms with Crippen molar-refractivity contribution in [2.45, 2.75) is 32.0 Å². The molecule has 19 heavy (non-hydrogen) atoms. The third-order valence-corrected chi connectivity index (χ3v) is 3.97. The minimum absolute atomic E-state index is 0.286. The van der Waals surface area contributed by atoms with Crippen molar-refractivity contribution >= 4 is 11.3 Å². The van der Waals surface area contributed by atoms with Crippen molar-refractivity contribution in [3.8, 4) is 5.75 Å². The summed E-state index contributed by atoms with van der Waals surface area (Å²) < 4.78 is 19.4. The van der Waals surface area contributed by atoms with Crippen LogP contribution in [-0.2, 0) is 13.2 Å². The number of nitrogens with one attached hydrogen (secondary N) is 1. The molecule has 2 aromatic rings. The first-order valence-corrected chi connectivity index (χ1v) is 7.36. The number of halogens is 1. The number of thiophene rings is 1. The third-order valence-electron chi connectivity index (χ3n) is 3.12. The number of hydrogen-bond acceptors (Lipinski definition) is 3. The van der Waals surface area contributed by atoms with E-state index in [1.807, 2.05) is 23.6 Å². The van der Waals surface area contributed by atoms with Crippen LogP contribution in [-0.4, -0.2) is 6.04 Å². The maximum absolute atomic E-state index is 13.9. The third kappa shape index (κ3) is 3.55. The van der Waals surface area contributed by atoms with Crippen LogP contribution in [0.1, 0.15) is 23.3 Å². The molecule has 0 amide bonds. The van der Waals surface area contributed by atoms with Crippen LogP contribution in [0.2, 0.25) is 0 Å². The van der Waals surface area contributed by atoms with Gasteiger partial charge in [0.15, 0.2) is 11.6 Å². The van der Waals surface area contributed by atoms with E-state index >= 15 is 0 Å². The fourth-order valence-corrected chi connectivity index (χ4v) is 2.48. The molecule has 0 aliphatic heterocycles. The van der Waals surface area contributed by atoms with Gasteiger partial charge in [-0.05, 0) is 42.0 Å². The Morgan fingerprint density at radius 1 is 1.32 bits per heavy atom. The van der Waals surface area contributed by atoms with E-state index in [1.54, 1.807) is 23.5 Å². The molecule has 1 aromatic carbocycles. The van der Waals surface area contributed by atoms with Gasteiger partial charge in [0, 0.05) is 17.5 Å². The Balaban J connectivity index is 1.58. The summed E-state index contributed by atoms with van der Waals surface area (Å²) in [6.07, 6.45) is 2.48. The lowest BCUT2D eigenvalue weighted by Gasteiger charge is -2.08. The molecule has 0 bridgehead atoms. The Kier molecular flexibility index (Phi) is 3.80. The molecule has 0 unspecified atom stereocenters. The summed E-state index contributed by atoms with van der Waals surface area (Å²) in [5.74, 6) is 0.0372. The molecule has 2 nitrogen and oxygen atoms in total. The summed E-state index contributed by atoms with van der Waals surface area (Å²) in [4.78, 5) is 1.10. The number of hydrogen-bond donors (Lipinski definition) is 1. The average Bonchev–Trinajstić information content (AvgIpc) is 3.10. The summed E-state index contributed by atoms with van der Waals surface area (Å²) in [5, 5.41) is 5.36. The standard InChI is InChI=1S/C15H16FNOS/c16-14-8-11(9-17-12-4-5-12)3-6-15(14)18-10-13-2-1-7-19-13/h1-3,6-8,12,17H,4-5,9-10H2. The van der Waals surface area contributed by atoms with Crippen LogP contribution in [0.4, 0.5) is 4.39 Å². The van der Waals surface area contributed by atoms with Crippen molar-refractivity contribution in [3.63, 3.8) is 0 Å². The van der Waals surface area contributed by atoms with Crippen LogP contribution in [0, 0.1) is 5.82 Å². The monoisotopic (exact) mass is 277 g/mol. The van der Waals surface area contributed by atoms with Gasteiger partial charge in [0.05, 0.1) is 0 Å². The van der Waals surface area contributed by atoms with Crippen LogP contribution >= 0.6 is 11.3 Å². The van der Waals surface area contributed by atoms with Gasteiger partial charge >= 0.3 is 0 Å². The Hall–Kier alpha value is -1.39. The van der Waals surface area contributed by atoms with Gasteiger partial charge in [0.25, 0.3) is 0 Å². The van der Waals surface area contributed by atoms with Crippen molar-refractivity contribution in [1.29, 1.82) is 0 Å². The molecular weight excluding hydrogens is 261 g/mol. The Bertz CT molecular complexity index is 537. The maximum Gasteiger partial charge on any atom is 0.165 e. The largest absolute Gasteiger partial charge is 0.485 e. The van der Waals surface area contributed by atoms with Gasteiger partial charge in [-0.3, -0.25) is 0 Å². The minimum Gasteiger partial charge on any atom is -0.485 e. The zero-order valence-electron chi connectivity index (χ0n) is 10.6. The van der Waals surface area contributed by atoms with E-state index in [0.29, 0.717) is 18.4 Å². The molecule has 1 fully saturated rings. The molecule has 1 N–H and O–H groups in total. The molecule has 4 heteroatoms. The van der Waals surface area contributed by atoms with Gasteiger partial charge in [-0.25, -0.2) is 4.39 Å². The summed E-state index contributed by atoms with van der Waals surface area (Å²) >= 11 is 1.61. The van der Waals surface area contributed by atoms with E-state index in [2.05, 4.69) is 5.32 Å². The van der Waals surface area contributed by atoms with Crippen LogP contribution < -0.4 is 10.1 Å². The maximum atomic E-state index is 13.9. The SMILES string of the molecule is Fc1cc(CNC2CC2)ccc1OCc1cccs1. The van der Waals surface area contributed by atoms with Gasteiger partial charge in [-0.2, -0.15) is 0 Å². The Morgan fingerprint density at radius 3 is 2.89 bits per heavy atom. The molecule has 0 radical (unpaired) electrons. The predicted molar refractivity (Wildman–Crippen MR) is 74.9 cm³/mol. The summed E-state index contributed by atoms with van der Waals surface area (Å²) in [5.41, 5.74) is 0.966. The first kappa shape index (κ1) is 12.6. The lowest BCUT2D eigenvalue weighted by Crippen LogP contribution is -2.15. The Labute approximate surface area is 116 Å². The molecule has 1 aromatic heterocycles. The molecule has 1 heterocycles. The van der Waals surface area contributed by atoms with Crippen LogP contribution in [0.25, 0.3) is 0 Å². The molecule has 100 valence electrons. The van der Waals surface area contributed by atoms with Crippen molar-refractivity contribution in [2.75, 3.05) is 0 Å². The molecule has 1 saturated carbocycles. The highest BCUT2D eigenvalue weighted by Gasteiger charge is 2.20. The van der Waals surface area contributed by atoms with Crippen molar-refractivity contribution < 1.29 is 9.13 Å². The van der Waals surface area contributed by atoms with E-state index in [0.717, 1.165) is 17.0 Å². The normalized spacial score (nSPS) is 14.6. The van der Waals surface area contributed by atoms with Crippen LogP contribution in [0.5, 0.6) is 5.75 Å². The highest BCUT2D eigenvalue weighted by Crippen LogP contribution is 2.22. The first-order valence-electron chi connectivity index (χ1n) is 6.48. The highest BCUT2D eigenvalue weighted by molar-refractivity contribution is 7.09. The van der Waals surface area contributed by atoms with Gasteiger partial charge < -0.3 is 10.1 Å².